The summed E-state index contributed by atoms with van der Waals surface area (Å²) in [6.07, 6.45) is 2.06. The molecular formula is C15H25NO2S. The molecule has 0 saturated carbocycles. The van der Waals surface area contributed by atoms with Gasteiger partial charge in [-0.05, 0) is 38.4 Å². The van der Waals surface area contributed by atoms with Gasteiger partial charge in [-0.3, -0.25) is 4.21 Å². The van der Waals surface area contributed by atoms with Gasteiger partial charge in [0.25, 0.3) is 0 Å². The van der Waals surface area contributed by atoms with Crippen molar-refractivity contribution in [2.75, 3.05) is 13.7 Å². The molecule has 0 aliphatic carbocycles. The first-order valence-corrected chi connectivity index (χ1v) is 8.13. The number of rotatable bonds is 8. The van der Waals surface area contributed by atoms with Crippen LogP contribution in [0, 0.1) is 0 Å². The summed E-state index contributed by atoms with van der Waals surface area (Å²) in [6, 6.07) is 7.82. The van der Waals surface area contributed by atoms with Crippen LogP contribution in [0.2, 0.25) is 0 Å². The molecule has 1 N–H and O–H groups in total. The average Bonchev–Trinajstić information content (AvgIpc) is 2.46. The fourth-order valence-corrected chi connectivity index (χ4v) is 3.66. The highest BCUT2D eigenvalue weighted by Gasteiger charge is 2.23. The molecule has 0 amide bonds. The van der Waals surface area contributed by atoms with E-state index in [4.69, 9.17) is 4.74 Å². The third-order valence-electron chi connectivity index (χ3n) is 3.29. The Morgan fingerprint density at radius 3 is 2.58 bits per heavy atom. The van der Waals surface area contributed by atoms with Gasteiger partial charge < -0.3 is 10.1 Å². The van der Waals surface area contributed by atoms with E-state index in [9.17, 15) is 4.21 Å². The lowest BCUT2D eigenvalue weighted by Crippen LogP contribution is -2.40. The quantitative estimate of drug-likeness (QED) is 0.797. The van der Waals surface area contributed by atoms with E-state index < -0.39 is 10.8 Å². The minimum atomic E-state index is -1.06. The first-order valence-electron chi connectivity index (χ1n) is 6.92. The fraction of sp³-hybridized carbons (Fsp3) is 0.600. The molecule has 1 aromatic rings. The van der Waals surface area contributed by atoms with E-state index in [0.717, 1.165) is 24.3 Å². The van der Waals surface area contributed by atoms with Crippen molar-refractivity contribution in [3.63, 3.8) is 0 Å². The summed E-state index contributed by atoms with van der Waals surface area (Å²) in [7, 11) is 0.558. The fourth-order valence-electron chi connectivity index (χ4n) is 2.11. The van der Waals surface area contributed by atoms with Gasteiger partial charge in [-0.15, -0.1) is 0 Å². The second kappa shape index (κ2) is 8.33. The first kappa shape index (κ1) is 16.2. The van der Waals surface area contributed by atoms with Crippen LogP contribution in [0.4, 0.5) is 0 Å². The van der Waals surface area contributed by atoms with Crippen LogP contribution >= 0.6 is 0 Å². The molecule has 3 nitrogen and oxygen atoms in total. The lowest BCUT2D eigenvalue weighted by atomic mass is 10.1. The Balaban J connectivity index is 2.85. The number of para-hydroxylation sites is 1. The Morgan fingerprint density at radius 2 is 2.00 bits per heavy atom. The molecule has 3 atom stereocenters. The number of ether oxygens (including phenoxy) is 1. The number of hydrogen-bond donors (Lipinski definition) is 1. The zero-order chi connectivity index (χ0) is 14.3. The molecular weight excluding hydrogens is 258 g/mol. The van der Waals surface area contributed by atoms with E-state index in [-0.39, 0.29) is 11.3 Å². The van der Waals surface area contributed by atoms with Crippen LogP contribution in [0.25, 0.3) is 0 Å². The maximum absolute atomic E-state index is 12.7. The Bertz CT molecular complexity index is 409. The molecule has 4 heteroatoms. The predicted octanol–water partition coefficient (Wildman–Crippen LogP) is 2.97. The predicted molar refractivity (Wildman–Crippen MR) is 81.2 cm³/mol. The van der Waals surface area contributed by atoms with E-state index >= 15 is 0 Å². The summed E-state index contributed by atoms with van der Waals surface area (Å²) >= 11 is 0. The van der Waals surface area contributed by atoms with Gasteiger partial charge >= 0.3 is 0 Å². The van der Waals surface area contributed by atoms with Gasteiger partial charge in [-0.2, -0.15) is 0 Å². The number of methoxy groups -OCH3 is 1. The van der Waals surface area contributed by atoms with Crippen LogP contribution in [0.15, 0.2) is 29.2 Å². The Labute approximate surface area is 119 Å². The van der Waals surface area contributed by atoms with Gasteiger partial charge in [0.2, 0.25) is 0 Å². The molecule has 1 aromatic carbocycles. The second-order valence-electron chi connectivity index (χ2n) is 4.62. The minimum Gasteiger partial charge on any atom is -0.495 e. The summed E-state index contributed by atoms with van der Waals surface area (Å²) in [5.74, 6) is 0.707. The molecule has 0 aliphatic heterocycles. The first-order chi connectivity index (χ1) is 9.15. The van der Waals surface area contributed by atoms with Crippen molar-refractivity contribution in [3.8, 4) is 5.75 Å². The van der Waals surface area contributed by atoms with Crippen molar-refractivity contribution in [1.29, 1.82) is 0 Å². The molecule has 0 bridgehead atoms. The summed E-state index contributed by atoms with van der Waals surface area (Å²) in [6.45, 7) is 7.27. The van der Waals surface area contributed by atoms with Crippen molar-refractivity contribution in [2.24, 2.45) is 0 Å². The third kappa shape index (κ3) is 4.32. The molecule has 0 heterocycles. The van der Waals surface area contributed by atoms with Crippen LogP contribution < -0.4 is 10.1 Å². The standard InChI is InChI=1S/C15H25NO2S/c1-5-11-16-13(6-2)12(3)19(17)15-10-8-7-9-14(15)18-4/h7-10,12-13,16H,5-6,11H2,1-4H3. The molecule has 0 spiro atoms. The van der Waals surface area contributed by atoms with Crippen molar-refractivity contribution in [1.82, 2.24) is 5.32 Å². The van der Waals surface area contributed by atoms with Gasteiger partial charge in [0, 0.05) is 6.04 Å². The molecule has 0 fully saturated rings. The zero-order valence-corrected chi connectivity index (χ0v) is 13.1. The monoisotopic (exact) mass is 283 g/mol. The molecule has 19 heavy (non-hydrogen) atoms. The van der Waals surface area contributed by atoms with E-state index in [0.29, 0.717) is 5.75 Å². The van der Waals surface area contributed by atoms with Gasteiger partial charge in [0.1, 0.15) is 5.75 Å². The highest BCUT2D eigenvalue weighted by atomic mass is 32.2. The smallest absolute Gasteiger partial charge is 0.134 e. The van der Waals surface area contributed by atoms with Gasteiger partial charge in [0.05, 0.1) is 28.1 Å². The van der Waals surface area contributed by atoms with E-state index in [1.165, 1.54) is 0 Å². The summed E-state index contributed by atoms with van der Waals surface area (Å²) in [4.78, 5) is 0.786. The lowest BCUT2D eigenvalue weighted by molar-refractivity contribution is 0.403. The van der Waals surface area contributed by atoms with Crippen molar-refractivity contribution in [2.45, 2.75) is 49.8 Å². The van der Waals surface area contributed by atoms with E-state index in [1.807, 2.05) is 31.2 Å². The molecule has 3 unspecified atom stereocenters. The van der Waals surface area contributed by atoms with Crippen LogP contribution in [0.1, 0.15) is 33.6 Å². The Kier molecular flexibility index (Phi) is 7.10. The molecule has 1 rings (SSSR count). The Morgan fingerprint density at radius 1 is 1.32 bits per heavy atom. The number of nitrogens with one attached hydrogen (secondary N) is 1. The van der Waals surface area contributed by atoms with E-state index in [1.54, 1.807) is 7.11 Å². The molecule has 108 valence electrons. The topological polar surface area (TPSA) is 38.3 Å². The minimum absolute atomic E-state index is 0.0628. The van der Waals surface area contributed by atoms with E-state index in [2.05, 4.69) is 19.2 Å². The maximum Gasteiger partial charge on any atom is 0.134 e. The highest BCUT2D eigenvalue weighted by Crippen LogP contribution is 2.25. The third-order valence-corrected chi connectivity index (χ3v) is 5.06. The molecule has 0 aromatic heterocycles. The molecule has 0 radical (unpaired) electrons. The highest BCUT2D eigenvalue weighted by molar-refractivity contribution is 7.85. The summed E-state index contributed by atoms with van der Waals surface area (Å²) < 4.78 is 18.0. The van der Waals surface area contributed by atoms with Gasteiger partial charge in [-0.1, -0.05) is 26.0 Å². The van der Waals surface area contributed by atoms with Crippen LogP contribution in [-0.4, -0.2) is 29.2 Å². The van der Waals surface area contributed by atoms with Crippen molar-refractivity contribution >= 4 is 10.8 Å². The average molecular weight is 283 g/mol. The number of benzene rings is 1. The normalized spacial score (nSPS) is 15.8. The SMILES string of the molecule is CCCNC(CC)C(C)S(=O)c1ccccc1OC. The molecule has 0 saturated heterocycles. The van der Waals surface area contributed by atoms with Crippen molar-refractivity contribution < 1.29 is 8.95 Å². The van der Waals surface area contributed by atoms with Gasteiger partial charge in [0.15, 0.2) is 0 Å². The summed E-state index contributed by atoms with van der Waals surface area (Å²) in [5, 5.41) is 3.54. The second-order valence-corrected chi connectivity index (χ2v) is 6.40. The largest absolute Gasteiger partial charge is 0.495 e. The van der Waals surface area contributed by atoms with Crippen molar-refractivity contribution in [3.05, 3.63) is 24.3 Å². The van der Waals surface area contributed by atoms with Crippen LogP contribution in [0.3, 0.4) is 0 Å². The molecule has 0 aliphatic rings. The Hall–Kier alpha value is -0.870. The van der Waals surface area contributed by atoms with Crippen LogP contribution in [0.5, 0.6) is 5.75 Å². The number of hydrogen-bond acceptors (Lipinski definition) is 3. The zero-order valence-electron chi connectivity index (χ0n) is 12.3. The van der Waals surface area contributed by atoms with Gasteiger partial charge in [-0.25, -0.2) is 0 Å². The maximum atomic E-state index is 12.7. The van der Waals surface area contributed by atoms with Crippen LogP contribution in [-0.2, 0) is 10.8 Å². The lowest BCUT2D eigenvalue weighted by Gasteiger charge is -2.24. The summed E-state index contributed by atoms with van der Waals surface area (Å²) in [5.41, 5.74) is 0.